The van der Waals surface area contributed by atoms with Crippen LogP contribution in [0, 0.1) is 6.92 Å². The summed E-state index contributed by atoms with van der Waals surface area (Å²) in [5.74, 6) is 1.28. The van der Waals surface area contributed by atoms with Crippen molar-refractivity contribution in [3.8, 4) is 0 Å². The van der Waals surface area contributed by atoms with Crippen molar-refractivity contribution in [1.82, 2.24) is 9.97 Å². The van der Waals surface area contributed by atoms with Crippen LogP contribution >= 0.6 is 0 Å². The summed E-state index contributed by atoms with van der Waals surface area (Å²) in [5.41, 5.74) is 2.19. The molecule has 0 amide bonds. The number of hydrogen-bond acceptors (Lipinski definition) is 3. The summed E-state index contributed by atoms with van der Waals surface area (Å²) in [6, 6.07) is 2.66. The van der Waals surface area contributed by atoms with Gasteiger partial charge in [-0.25, -0.2) is 9.97 Å². The Morgan fingerprint density at radius 2 is 1.94 bits per heavy atom. The van der Waals surface area contributed by atoms with Gasteiger partial charge in [-0.1, -0.05) is 26.7 Å². The third kappa shape index (κ3) is 2.71. The maximum atomic E-state index is 4.57. The van der Waals surface area contributed by atoms with E-state index in [9.17, 15) is 0 Å². The fraction of sp³-hybridized carbons (Fsp3) is 0.692. The van der Waals surface area contributed by atoms with Crippen LogP contribution < -0.4 is 5.32 Å². The molecule has 3 nitrogen and oxygen atoms in total. The molecule has 1 fully saturated rings. The van der Waals surface area contributed by atoms with Crippen LogP contribution in [0.25, 0.3) is 0 Å². The lowest BCUT2D eigenvalue weighted by Crippen LogP contribution is -2.17. The van der Waals surface area contributed by atoms with Gasteiger partial charge in [-0.05, 0) is 31.7 Å². The topological polar surface area (TPSA) is 37.8 Å². The lowest BCUT2D eigenvalue weighted by molar-refractivity contribution is 0.734. The van der Waals surface area contributed by atoms with Crippen LogP contribution in [0.15, 0.2) is 6.07 Å². The van der Waals surface area contributed by atoms with Crippen molar-refractivity contribution < 1.29 is 0 Å². The molecule has 1 aromatic heterocycles. The van der Waals surface area contributed by atoms with Crippen LogP contribution in [0.4, 0.5) is 5.95 Å². The second-order valence-electron chi connectivity index (χ2n) is 5.04. The van der Waals surface area contributed by atoms with Gasteiger partial charge in [-0.2, -0.15) is 0 Å². The fourth-order valence-corrected chi connectivity index (χ4v) is 2.21. The molecule has 2 rings (SSSR count). The second-order valence-corrected chi connectivity index (χ2v) is 5.04. The van der Waals surface area contributed by atoms with Gasteiger partial charge < -0.3 is 5.32 Å². The standard InChI is InChI=1S/C13H21N3/c1-9(2)12-8-10(3)14-13(16-12)15-11-6-4-5-7-11/h8-9,11H,4-7H2,1-3H3,(H,14,15,16). The van der Waals surface area contributed by atoms with Crippen LogP contribution in [0.1, 0.15) is 56.8 Å². The van der Waals surface area contributed by atoms with E-state index >= 15 is 0 Å². The molecule has 0 radical (unpaired) electrons. The van der Waals surface area contributed by atoms with Crippen LogP contribution in [-0.2, 0) is 0 Å². The van der Waals surface area contributed by atoms with Gasteiger partial charge in [0.15, 0.2) is 0 Å². The lowest BCUT2D eigenvalue weighted by Gasteiger charge is -2.14. The Morgan fingerprint density at radius 3 is 2.56 bits per heavy atom. The van der Waals surface area contributed by atoms with E-state index in [1.165, 1.54) is 25.7 Å². The predicted octanol–water partition coefficient (Wildman–Crippen LogP) is 3.26. The quantitative estimate of drug-likeness (QED) is 0.848. The number of nitrogens with zero attached hydrogens (tertiary/aromatic N) is 2. The van der Waals surface area contributed by atoms with E-state index in [1.807, 2.05) is 6.92 Å². The summed E-state index contributed by atoms with van der Waals surface area (Å²) in [7, 11) is 0. The Hall–Kier alpha value is -1.12. The molecule has 88 valence electrons. The normalized spacial score (nSPS) is 17.0. The van der Waals surface area contributed by atoms with Crippen LogP contribution in [0.3, 0.4) is 0 Å². The van der Waals surface area contributed by atoms with E-state index in [2.05, 4.69) is 35.2 Å². The van der Waals surface area contributed by atoms with Crippen LogP contribution in [0.5, 0.6) is 0 Å². The number of aromatic nitrogens is 2. The first kappa shape index (κ1) is 11.4. The molecular formula is C13H21N3. The van der Waals surface area contributed by atoms with Crippen molar-refractivity contribution in [3.63, 3.8) is 0 Å². The van der Waals surface area contributed by atoms with E-state index < -0.39 is 0 Å². The molecule has 0 bridgehead atoms. The summed E-state index contributed by atoms with van der Waals surface area (Å²) < 4.78 is 0. The minimum Gasteiger partial charge on any atom is -0.351 e. The highest BCUT2D eigenvalue weighted by atomic mass is 15.1. The molecular weight excluding hydrogens is 198 g/mol. The Morgan fingerprint density at radius 1 is 1.25 bits per heavy atom. The van der Waals surface area contributed by atoms with Crippen molar-refractivity contribution in [1.29, 1.82) is 0 Å². The smallest absolute Gasteiger partial charge is 0.223 e. The van der Waals surface area contributed by atoms with E-state index in [0.717, 1.165) is 17.3 Å². The molecule has 16 heavy (non-hydrogen) atoms. The van der Waals surface area contributed by atoms with Crippen molar-refractivity contribution in [2.45, 2.75) is 58.4 Å². The van der Waals surface area contributed by atoms with Gasteiger partial charge in [0, 0.05) is 17.4 Å². The number of aryl methyl sites for hydroxylation is 1. The van der Waals surface area contributed by atoms with Gasteiger partial charge >= 0.3 is 0 Å². The van der Waals surface area contributed by atoms with Crippen molar-refractivity contribution in [2.75, 3.05) is 5.32 Å². The molecule has 1 aliphatic rings. The molecule has 0 aromatic carbocycles. The number of rotatable bonds is 3. The molecule has 3 heteroatoms. The third-order valence-electron chi connectivity index (χ3n) is 3.15. The summed E-state index contributed by atoms with van der Waals surface area (Å²) in [5, 5.41) is 3.45. The summed E-state index contributed by atoms with van der Waals surface area (Å²) in [6.07, 6.45) is 5.18. The fourth-order valence-electron chi connectivity index (χ4n) is 2.21. The zero-order chi connectivity index (χ0) is 11.5. The minimum atomic E-state index is 0.464. The Balaban J connectivity index is 2.13. The highest BCUT2D eigenvalue weighted by Crippen LogP contribution is 2.22. The summed E-state index contributed by atoms with van der Waals surface area (Å²) >= 11 is 0. The molecule has 1 aromatic rings. The highest BCUT2D eigenvalue weighted by Gasteiger charge is 2.16. The summed E-state index contributed by atoms with van der Waals surface area (Å²) in [4.78, 5) is 9.03. The van der Waals surface area contributed by atoms with Gasteiger partial charge in [0.2, 0.25) is 5.95 Å². The van der Waals surface area contributed by atoms with Gasteiger partial charge in [0.1, 0.15) is 0 Å². The maximum Gasteiger partial charge on any atom is 0.223 e. The van der Waals surface area contributed by atoms with Crippen molar-refractivity contribution >= 4 is 5.95 Å². The Labute approximate surface area is 97.7 Å². The molecule has 0 spiro atoms. The largest absolute Gasteiger partial charge is 0.351 e. The number of hydrogen-bond donors (Lipinski definition) is 1. The first-order valence-corrected chi connectivity index (χ1v) is 6.27. The zero-order valence-electron chi connectivity index (χ0n) is 10.5. The maximum absolute atomic E-state index is 4.57. The van der Waals surface area contributed by atoms with Gasteiger partial charge in [-0.3, -0.25) is 0 Å². The van der Waals surface area contributed by atoms with Crippen LogP contribution in [0.2, 0.25) is 0 Å². The Bertz CT molecular complexity index is 354. The molecule has 1 saturated carbocycles. The average Bonchev–Trinajstić information content (AvgIpc) is 2.69. The van der Waals surface area contributed by atoms with Crippen LogP contribution in [-0.4, -0.2) is 16.0 Å². The molecule has 0 atom stereocenters. The predicted molar refractivity (Wildman–Crippen MR) is 66.7 cm³/mol. The zero-order valence-corrected chi connectivity index (χ0v) is 10.5. The molecule has 1 aliphatic carbocycles. The average molecular weight is 219 g/mol. The summed E-state index contributed by atoms with van der Waals surface area (Å²) in [6.45, 7) is 6.37. The number of nitrogens with one attached hydrogen (secondary N) is 1. The molecule has 0 aliphatic heterocycles. The van der Waals surface area contributed by atoms with Crippen molar-refractivity contribution in [2.24, 2.45) is 0 Å². The minimum absolute atomic E-state index is 0.464. The van der Waals surface area contributed by atoms with Gasteiger partial charge in [0.05, 0.1) is 0 Å². The van der Waals surface area contributed by atoms with Crippen molar-refractivity contribution in [3.05, 3.63) is 17.5 Å². The Kier molecular flexibility index (Phi) is 3.42. The van der Waals surface area contributed by atoms with Gasteiger partial charge in [-0.15, -0.1) is 0 Å². The SMILES string of the molecule is Cc1cc(C(C)C)nc(NC2CCCC2)n1. The molecule has 1 heterocycles. The van der Waals surface area contributed by atoms with E-state index in [-0.39, 0.29) is 0 Å². The lowest BCUT2D eigenvalue weighted by atomic mass is 10.1. The molecule has 1 N–H and O–H groups in total. The molecule has 0 unspecified atom stereocenters. The van der Waals surface area contributed by atoms with E-state index in [0.29, 0.717) is 12.0 Å². The number of anilines is 1. The second kappa shape index (κ2) is 4.81. The monoisotopic (exact) mass is 219 g/mol. The van der Waals surface area contributed by atoms with Gasteiger partial charge in [0.25, 0.3) is 0 Å². The van der Waals surface area contributed by atoms with E-state index in [1.54, 1.807) is 0 Å². The molecule has 0 saturated heterocycles. The third-order valence-corrected chi connectivity index (χ3v) is 3.15. The van der Waals surface area contributed by atoms with E-state index in [4.69, 9.17) is 0 Å². The first-order chi connectivity index (χ1) is 7.65. The first-order valence-electron chi connectivity index (χ1n) is 6.27. The highest BCUT2D eigenvalue weighted by molar-refractivity contribution is 5.30.